The first-order valence-corrected chi connectivity index (χ1v) is 11.5. The number of rotatable bonds is 4. The van der Waals surface area contributed by atoms with Gasteiger partial charge in [0.15, 0.2) is 0 Å². The van der Waals surface area contributed by atoms with Crippen molar-refractivity contribution >= 4 is 23.1 Å². The van der Waals surface area contributed by atoms with Crippen molar-refractivity contribution in [3.8, 4) is 0 Å². The summed E-state index contributed by atoms with van der Waals surface area (Å²) in [4.78, 5) is 33.3. The minimum Gasteiger partial charge on any atom is -0.368 e. The molecular weight excluding hydrogens is 386 g/mol. The summed E-state index contributed by atoms with van der Waals surface area (Å²) in [5.74, 6) is -0.201. The summed E-state index contributed by atoms with van der Waals surface area (Å²) in [6.45, 7) is 3.14. The highest BCUT2D eigenvalue weighted by Crippen LogP contribution is 2.36. The Hall–Kier alpha value is -3.08. The number of nitrogens with zero attached hydrogens (tertiary/aromatic N) is 3. The first-order chi connectivity index (χ1) is 15.2. The van der Waals surface area contributed by atoms with Crippen LogP contribution in [0.4, 0.5) is 5.69 Å². The number of para-hydroxylation sites is 1. The van der Waals surface area contributed by atoms with Crippen LogP contribution in [0.25, 0.3) is 5.57 Å². The molecule has 160 valence electrons. The molecule has 0 atom stereocenters. The van der Waals surface area contributed by atoms with Crippen molar-refractivity contribution in [1.29, 1.82) is 0 Å². The molecule has 2 aromatic rings. The molecular formula is C26H29N3O2. The third kappa shape index (κ3) is 3.73. The average molecular weight is 416 g/mol. The van der Waals surface area contributed by atoms with Gasteiger partial charge in [-0.2, -0.15) is 0 Å². The molecule has 0 aromatic heterocycles. The van der Waals surface area contributed by atoms with Gasteiger partial charge in [-0.25, -0.2) is 0 Å². The maximum absolute atomic E-state index is 13.6. The molecule has 0 spiro atoms. The number of carbonyl (C=O) groups excluding carboxylic acids is 2. The third-order valence-corrected chi connectivity index (χ3v) is 6.81. The maximum atomic E-state index is 13.6. The number of hydrogen-bond acceptors (Lipinski definition) is 4. The lowest BCUT2D eigenvalue weighted by Crippen LogP contribution is -2.48. The molecule has 2 heterocycles. The van der Waals surface area contributed by atoms with Crippen LogP contribution in [-0.4, -0.2) is 53.8 Å². The Kier molecular flexibility index (Phi) is 5.49. The molecule has 5 nitrogen and oxygen atoms in total. The van der Waals surface area contributed by atoms with Crippen LogP contribution in [0.2, 0.25) is 0 Å². The summed E-state index contributed by atoms with van der Waals surface area (Å²) in [6.07, 6.45) is 5.23. The van der Waals surface area contributed by atoms with E-state index in [0.29, 0.717) is 11.3 Å². The van der Waals surface area contributed by atoms with E-state index in [1.807, 2.05) is 36.4 Å². The molecule has 2 amide bonds. The van der Waals surface area contributed by atoms with Gasteiger partial charge >= 0.3 is 0 Å². The predicted molar refractivity (Wildman–Crippen MR) is 122 cm³/mol. The minimum absolute atomic E-state index is 0.0376. The van der Waals surface area contributed by atoms with E-state index in [2.05, 4.69) is 34.1 Å². The lowest BCUT2D eigenvalue weighted by Gasteiger charge is -2.38. The SMILES string of the molecule is O=C1C(c2ccccc2)=C(N2CCN(c3ccccc3)CC2)C(=O)N1C1CCCCC1. The fourth-order valence-electron chi connectivity index (χ4n) is 5.19. The van der Waals surface area contributed by atoms with Gasteiger partial charge in [-0.05, 0) is 30.5 Å². The van der Waals surface area contributed by atoms with Crippen LogP contribution in [0.5, 0.6) is 0 Å². The smallest absolute Gasteiger partial charge is 0.278 e. The molecule has 1 aliphatic carbocycles. The zero-order valence-corrected chi connectivity index (χ0v) is 17.9. The van der Waals surface area contributed by atoms with Crippen molar-refractivity contribution in [3.63, 3.8) is 0 Å². The van der Waals surface area contributed by atoms with Crippen LogP contribution in [0, 0.1) is 0 Å². The van der Waals surface area contributed by atoms with Gasteiger partial charge in [0, 0.05) is 37.9 Å². The van der Waals surface area contributed by atoms with Crippen molar-refractivity contribution in [2.75, 3.05) is 31.1 Å². The van der Waals surface area contributed by atoms with E-state index in [1.54, 1.807) is 4.90 Å². The second-order valence-corrected chi connectivity index (χ2v) is 8.67. The zero-order valence-electron chi connectivity index (χ0n) is 17.9. The third-order valence-electron chi connectivity index (χ3n) is 6.81. The van der Waals surface area contributed by atoms with E-state index < -0.39 is 0 Å². The molecule has 0 unspecified atom stereocenters. The average Bonchev–Trinajstić information content (AvgIpc) is 3.10. The van der Waals surface area contributed by atoms with Crippen LogP contribution in [0.3, 0.4) is 0 Å². The number of amides is 2. The summed E-state index contributed by atoms with van der Waals surface area (Å²) < 4.78 is 0. The molecule has 2 fully saturated rings. The minimum atomic E-state index is -0.108. The summed E-state index contributed by atoms with van der Waals surface area (Å²) in [5, 5.41) is 0. The molecule has 0 N–H and O–H groups in total. The lowest BCUT2D eigenvalue weighted by molar-refractivity contribution is -0.141. The van der Waals surface area contributed by atoms with Crippen molar-refractivity contribution in [1.82, 2.24) is 9.80 Å². The maximum Gasteiger partial charge on any atom is 0.278 e. The number of imide groups is 1. The van der Waals surface area contributed by atoms with Crippen molar-refractivity contribution in [2.45, 2.75) is 38.1 Å². The van der Waals surface area contributed by atoms with Gasteiger partial charge in [0.2, 0.25) is 0 Å². The Labute approximate surface area is 183 Å². The van der Waals surface area contributed by atoms with E-state index >= 15 is 0 Å². The van der Waals surface area contributed by atoms with Gasteiger partial charge in [-0.15, -0.1) is 0 Å². The summed E-state index contributed by atoms with van der Waals surface area (Å²) in [5.41, 5.74) is 3.25. The number of piperazine rings is 1. The molecule has 0 radical (unpaired) electrons. The van der Waals surface area contributed by atoms with E-state index in [4.69, 9.17) is 0 Å². The molecule has 5 heteroatoms. The van der Waals surface area contributed by atoms with Crippen molar-refractivity contribution in [2.24, 2.45) is 0 Å². The van der Waals surface area contributed by atoms with E-state index in [0.717, 1.165) is 57.4 Å². The second kappa shape index (κ2) is 8.58. The normalized spacial score (nSPS) is 20.7. The molecule has 5 rings (SSSR count). The van der Waals surface area contributed by atoms with Crippen molar-refractivity contribution < 1.29 is 9.59 Å². The lowest BCUT2D eigenvalue weighted by atomic mass is 9.94. The van der Waals surface area contributed by atoms with Crippen LogP contribution >= 0.6 is 0 Å². The number of anilines is 1. The Balaban J connectivity index is 1.44. The summed E-state index contributed by atoms with van der Waals surface area (Å²) in [7, 11) is 0. The quantitative estimate of drug-likeness (QED) is 0.710. The Morgan fingerprint density at radius 3 is 1.87 bits per heavy atom. The van der Waals surface area contributed by atoms with Gasteiger partial charge in [0.1, 0.15) is 5.70 Å². The van der Waals surface area contributed by atoms with E-state index in [-0.39, 0.29) is 17.9 Å². The van der Waals surface area contributed by atoms with Gasteiger partial charge in [0.05, 0.1) is 5.57 Å². The van der Waals surface area contributed by atoms with Crippen LogP contribution in [0.1, 0.15) is 37.7 Å². The molecule has 3 aliphatic rings. The second-order valence-electron chi connectivity index (χ2n) is 8.67. The molecule has 1 saturated heterocycles. The van der Waals surface area contributed by atoms with Gasteiger partial charge < -0.3 is 9.80 Å². The molecule has 31 heavy (non-hydrogen) atoms. The highest BCUT2D eigenvalue weighted by molar-refractivity contribution is 6.35. The largest absolute Gasteiger partial charge is 0.368 e. The van der Waals surface area contributed by atoms with Crippen molar-refractivity contribution in [3.05, 3.63) is 71.9 Å². The van der Waals surface area contributed by atoms with Crippen LogP contribution in [-0.2, 0) is 9.59 Å². The molecule has 2 aliphatic heterocycles. The first-order valence-electron chi connectivity index (χ1n) is 11.5. The highest BCUT2D eigenvalue weighted by atomic mass is 16.2. The predicted octanol–water partition coefficient (Wildman–Crippen LogP) is 3.92. The van der Waals surface area contributed by atoms with Crippen LogP contribution < -0.4 is 4.90 Å². The number of benzene rings is 2. The summed E-state index contributed by atoms with van der Waals surface area (Å²) >= 11 is 0. The number of carbonyl (C=O) groups is 2. The summed E-state index contributed by atoms with van der Waals surface area (Å²) in [6, 6.07) is 20.1. The first kappa shape index (κ1) is 19.9. The van der Waals surface area contributed by atoms with Gasteiger partial charge in [0.25, 0.3) is 11.8 Å². The molecule has 2 aromatic carbocycles. The van der Waals surface area contributed by atoms with Gasteiger partial charge in [-0.1, -0.05) is 67.8 Å². The monoisotopic (exact) mass is 415 g/mol. The highest BCUT2D eigenvalue weighted by Gasteiger charge is 2.45. The van der Waals surface area contributed by atoms with Gasteiger partial charge in [-0.3, -0.25) is 14.5 Å². The standard InChI is InChI=1S/C26H29N3O2/c30-25-23(20-10-4-1-5-11-20)24(26(31)29(25)22-14-8-3-9-15-22)28-18-16-27(17-19-28)21-12-6-2-7-13-21/h1-2,4-7,10-13,22H,3,8-9,14-19H2. The fraction of sp³-hybridized carbons (Fsp3) is 0.385. The Bertz CT molecular complexity index is 972. The van der Waals surface area contributed by atoms with E-state index in [9.17, 15) is 9.59 Å². The Morgan fingerprint density at radius 1 is 0.645 bits per heavy atom. The topological polar surface area (TPSA) is 43.9 Å². The Morgan fingerprint density at radius 2 is 1.23 bits per heavy atom. The van der Waals surface area contributed by atoms with E-state index in [1.165, 1.54) is 12.1 Å². The van der Waals surface area contributed by atoms with Crippen LogP contribution in [0.15, 0.2) is 66.4 Å². The molecule has 0 bridgehead atoms. The number of hydrogen-bond donors (Lipinski definition) is 0. The zero-order chi connectivity index (χ0) is 21.2. The fourth-order valence-corrected chi connectivity index (χ4v) is 5.19. The molecule has 1 saturated carbocycles.